The van der Waals surface area contributed by atoms with Crippen molar-refractivity contribution in [1.29, 1.82) is 0 Å². The van der Waals surface area contributed by atoms with Crippen LogP contribution in [0.2, 0.25) is 0 Å². The molecule has 0 bridgehead atoms. The van der Waals surface area contributed by atoms with Crippen molar-refractivity contribution in [2.24, 2.45) is 5.41 Å². The fraction of sp³-hybridized carbons (Fsp3) is 0.312. The third-order valence-corrected chi connectivity index (χ3v) is 11.2. The minimum atomic E-state index is -1.20. The predicted molar refractivity (Wildman–Crippen MR) is 222 cm³/mol. The minimum Gasteiger partial charge on any atom is -0.473 e. The molecule has 2 aliphatic heterocycles. The van der Waals surface area contributed by atoms with Crippen LogP contribution in [0.5, 0.6) is 11.8 Å². The Morgan fingerprint density at radius 1 is 0.754 bits per heavy atom. The number of piperidine rings is 1. The molecule has 8 rings (SSSR count). The number of ether oxygens (including phenoxy) is 3. The molecule has 2 aromatic heterocycles. The molecule has 2 atom stereocenters. The van der Waals surface area contributed by atoms with Crippen LogP contribution in [-0.2, 0) is 30.1 Å². The van der Waals surface area contributed by atoms with Gasteiger partial charge in [-0.05, 0) is 86.7 Å². The monoisotopic (exact) mass is 762 g/mol. The lowest BCUT2D eigenvalue weighted by Crippen LogP contribution is -2.60. The summed E-state index contributed by atoms with van der Waals surface area (Å²) in [6.07, 6.45) is 2.62. The zero-order valence-electron chi connectivity index (χ0n) is 32.9. The summed E-state index contributed by atoms with van der Waals surface area (Å²) in [5, 5.41) is 14.0. The highest BCUT2D eigenvalue weighted by molar-refractivity contribution is 5.85. The molecule has 0 aliphatic carbocycles. The molecule has 1 N–H and O–H groups in total. The van der Waals surface area contributed by atoms with Crippen molar-refractivity contribution < 1.29 is 24.1 Å². The van der Waals surface area contributed by atoms with Gasteiger partial charge < -0.3 is 24.2 Å². The fourth-order valence-corrected chi connectivity index (χ4v) is 8.30. The quantitative estimate of drug-likeness (QED) is 0.148. The van der Waals surface area contributed by atoms with Gasteiger partial charge in [0.15, 0.2) is 0 Å². The van der Waals surface area contributed by atoms with E-state index >= 15 is 0 Å². The highest BCUT2D eigenvalue weighted by atomic mass is 16.6. The highest BCUT2D eigenvalue weighted by Crippen LogP contribution is 2.52. The standard InChI is InChI=1S/C48H50N4O5/c1-46(2,3)57-45(53)52-26-24-48(54,47(34-52)23-25-51(33-47)30-35-13-7-4-8-14-35)40-19-21-42-38(28-40)27-39(29-49-42)41-20-22-43(55-31-36-15-9-5-10-16-36)50-44(41)56-32-37-17-11-6-12-18-37/h4-22,27-29,54H,23-26,30-34H2,1-3H3. The Bertz CT molecular complexity index is 2320. The lowest BCUT2D eigenvalue weighted by atomic mass is 9.63. The van der Waals surface area contributed by atoms with E-state index in [1.54, 1.807) is 4.90 Å². The van der Waals surface area contributed by atoms with E-state index in [0.29, 0.717) is 51.0 Å². The van der Waals surface area contributed by atoms with Crippen molar-refractivity contribution in [3.8, 4) is 22.9 Å². The topological polar surface area (TPSA) is 97.2 Å². The number of carbonyl (C=O) groups is 1. The van der Waals surface area contributed by atoms with E-state index in [1.807, 2.05) is 118 Å². The summed E-state index contributed by atoms with van der Waals surface area (Å²) in [7, 11) is 0. The Labute approximate surface area is 334 Å². The van der Waals surface area contributed by atoms with Crippen LogP contribution in [0.4, 0.5) is 4.79 Å². The molecule has 4 heterocycles. The molecule has 2 unspecified atom stereocenters. The van der Waals surface area contributed by atoms with Crippen molar-refractivity contribution in [1.82, 2.24) is 19.8 Å². The van der Waals surface area contributed by atoms with Crippen LogP contribution >= 0.6 is 0 Å². The predicted octanol–water partition coefficient (Wildman–Crippen LogP) is 9.18. The maximum Gasteiger partial charge on any atom is 0.410 e. The largest absolute Gasteiger partial charge is 0.473 e. The van der Waals surface area contributed by atoms with Crippen LogP contribution in [0.25, 0.3) is 22.0 Å². The summed E-state index contributed by atoms with van der Waals surface area (Å²) in [5.41, 5.74) is 4.10. The van der Waals surface area contributed by atoms with Crippen molar-refractivity contribution in [2.75, 3.05) is 26.2 Å². The Kier molecular flexibility index (Phi) is 10.7. The molecule has 2 aliphatic rings. The van der Waals surface area contributed by atoms with Gasteiger partial charge in [-0.2, -0.15) is 4.98 Å². The molecule has 9 heteroatoms. The van der Waals surface area contributed by atoms with Gasteiger partial charge in [0.1, 0.15) is 18.8 Å². The molecule has 0 saturated carbocycles. The first-order valence-corrected chi connectivity index (χ1v) is 19.8. The first-order valence-electron chi connectivity index (χ1n) is 19.8. The highest BCUT2D eigenvalue weighted by Gasteiger charge is 2.58. The molecule has 9 nitrogen and oxygen atoms in total. The van der Waals surface area contributed by atoms with Gasteiger partial charge in [0.2, 0.25) is 11.8 Å². The minimum absolute atomic E-state index is 0.338. The zero-order valence-corrected chi connectivity index (χ0v) is 32.9. The van der Waals surface area contributed by atoms with Gasteiger partial charge in [0.25, 0.3) is 0 Å². The number of hydrogen-bond donors (Lipinski definition) is 1. The summed E-state index contributed by atoms with van der Waals surface area (Å²) in [6.45, 7) is 9.38. The lowest BCUT2D eigenvalue weighted by Gasteiger charge is -2.52. The van der Waals surface area contributed by atoms with Gasteiger partial charge in [-0.3, -0.25) is 9.88 Å². The molecule has 1 spiro atoms. The van der Waals surface area contributed by atoms with Gasteiger partial charge in [0, 0.05) is 60.4 Å². The third-order valence-electron chi connectivity index (χ3n) is 11.2. The number of fused-ring (bicyclic) bond motifs is 1. The Morgan fingerprint density at radius 2 is 1.42 bits per heavy atom. The van der Waals surface area contributed by atoms with E-state index in [-0.39, 0.29) is 6.09 Å². The van der Waals surface area contributed by atoms with Crippen LogP contribution in [0.3, 0.4) is 0 Å². The van der Waals surface area contributed by atoms with Crippen LogP contribution in [-0.4, -0.2) is 62.7 Å². The molecule has 4 aromatic carbocycles. The van der Waals surface area contributed by atoms with E-state index in [0.717, 1.165) is 58.2 Å². The number of hydrogen-bond acceptors (Lipinski definition) is 8. The molecule has 6 aromatic rings. The molecule has 0 radical (unpaired) electrons. The van der Waals surface area contributed by atoms with E-state index in [9.17, 15) is 9.90 Å². The summed E-state index contributed by atoms with van der Waals surface area (Å²) in [6, 6.07) is 42.4. The van der Waals surface area contributed by atoms with E-state index in [2.05, 4.69) is 41.3 Å². The second kappa shape index (κ2) is 16.0. The van der Waals surface area contributed by atoms with E-state index < -0.39 is 16.6 Å². The number of carbonyl (C=O) groups excluding carboxylic acids is 1. The van der Waals surface area contributed by atoms with Gasteiger partial charge in [-0.15, -0.1) is 0 Å². The second-order valence-electron chi connectivity index (χ2n) is 16.4. The molecular weight excluding hydrogens is 713 g/mol. The van der Waals surface area contributed by atoms with Crippen LogP contribution in [0, 0.1) is 5.41 Å². The number of aromatic nitrogens is 2. The van der Waals surface area contributed by atoms with Crippen LogP contribution < -0.4 is 9.47 Å². The molecule has 57 heavy (non-hydrogen) atoms. The molecular formula is C48H50N4O5. The van der Waals surface area contributed by atoms with Crippen molar-refractivity contribution in [3.05, 3.63) is 156 Å². The first-order chi connectivity index (χ1) is 27.6. The summed E-state index contributed by atoms with van der Waals surface area (Å²) in [4.78, 5) is 27.4. The molecule has 2 saturated heterocycles. The van der Waals surface area contributed by atoms with Gasteiger partial charge in [0.05, 0.1) is 11.1 Å². The lowest BCUT2D eigenvalue weighted by molar-refractivity contribution is -0.135. The number of nitrogens with zero attached hydrogens (tertiary/aromatic N) is 4. The van der Waals surface area contributed by atoms with Gasteiger partial charge >= 0.3 is 6.09 Å². The molecule has 292 valence electrons. The summed E-state index contributed by atoms with van der Waals surface area (Å²) < 4.78 is 18.3. The number of amides is 1. The van der Waals surface area contributed by atoms with Crippen molar-refractivity contribution in [3.63, 3.8) is 0 Å². The maximum atomic E-state index is 13.5. The molecule has 1 amide bonds. The Morgan fingerprint density at radius 3 is 2.11 bits per heavy atom. The first kappa shape index (κ1) is 38.1. The number of likely N-dealkylation sites (tertiary alicyclic amines) is 2. The Hall–Kier alpha value is -5.77. The number of pyridine rings is 2. The summed E-state index contributed by atoms with van der Waals surface area (Å²) >= 11 is 0. The number of benzene rings is 4. The van der Waals surface area contributed by atoms with E-state index in [4.69, 9.17) is 24.2 Å². The zero-order chi connectivity index (χ0) is 39.5. The van der Waals surface area contributed by atoms with E-state index in [1.165, 1.54) is 5.56 Å². The normalized spacial score (nSPS) is 19.8. The van der Waals surface area contributed by atoms with Crippen LogP contribution in [0.15, 0.2) is 134 Å². The summed E-state index contributed by atoms with van der Waals surface area (Å²) in [5.74, 6) is 0.906. The van der Waals surface area contributed by atoms with Gasteiger partial charge in [-0.25, -0.2) is 4.79 Å². The number of aliphatic hydroxyl groups is 1. The third kappa shape index (κ3) is 8.50. The fourth-order valence-electron chi connectivity index (χ4n) is 8.30. The Balaban J connectivity index is 1.12. The van der Waals surface area contributed by atoms with Crippen LogP contribution in [0.1, 0.15) is 55.9 Å². The smallest absolute Gasteiger partial charge is 0.410 e. The molecule has 2 fully saturated rings. The average Bonchev–Trinajstić information content (AvgIpc) is 3.63. The average molecular weight is 763 g/mol. The van der Waals surface area contributed by atoms with Gasteiger partial charge in [-0.1, -0.05) is 97.1 Å². The van der Waals surface area contributed by atoms with Crippen molar-refractivity contribution >= 4 is 17.0 Å². The maximum absolute atomic E-state index is 13.5. The second-order valence-corrected chi connectivity index (χ2v) is 16.4. The SMILES string of the molecule is CC(C)(C)OC(=O)N1CCC(O)(c2ccc3ncc(-c4ccc(OCc5ccccc5)nc4OCc4ccccc4)cc3c2)C2(CCN(Cc3ccccc3)C2)C1. The van der Waals surface area contributed by atoms with Crippen molar-refractivity contribution in [2.45, 2.75) is 64.6 Å². The number of rotatable bonds is 10.